The van der Waals surface area contributed by atoms with Gasteiger partial charge in [-0.1, -0.05) is 12.1 Å². The average Bonchev–Trinajstić information content (AvgIpc) is 2.58. The van der Waals surface area contributed by atoms with Gasteiger partial charge in [0.15, 0.2) is 11.6 Å². The number of nitrogens with two attached hydrogens (primary N) is 1. The lowest BCUT2D eigenvalue weighted by molar-refractivity contribution is -0.118. The van der Waals surface area contributed by atoms with Crippen LogP contribution in [0.2, 0.25) is 0 Å². The largest absolute Gasteiger partial charge is 0.368 e. The van der Waals surface area contributed by atoms with E-state index in [1.54, 1.807) is 24.3 Å². The van der Waals surface area contributed by atoms with Crippen molar-refractivity contribution in [3.63, 3.8) is 0 Å². The molecule has 1 aromatic heterocycles. The molecule has 128 valence electrons. The van der Waals surface area contributed by atoms with Gasteiger partial charge >= 0.3 is 0 Å². The van der Waals surface area contributed by atoms with Crippen molar-refractivity contribution in [1.29, 1.82) is 0 Å². The van der Waals surface area contributed by atoms with E-state index in [1.165, 1.54) is 22.4 Å². The van der Waals surface area contributed by atoms with Crippen LogP contribution in [0.3, 0.4) is 0 Å². The van der Waals surface area contributed by atoms with Crippen molar-refractivity contribution in [2.24, 2.45) is 5.73 Å². The van der Waals surface area contributed by atoms with E-state index in [-0.39, 0.29) is 17.9 Å². The maximum Gasteiger partial charge on any atom is 0.261 e. The fraction of sp³-hybridized carbons (Fsp3) is 0.118. The third kappa shape index (κ3) is 3.69. The molecule has 0 aliphatic heterocycles. The highest BCUT2D eigenvalue weighted by molar-refractivity contribution is 7.98. The van der Waals surface area contributed by atoms with Crippen LogP contribution < -0.4 is 11.3 Å². The minimum absolute atomic E-state index is 0.193. The molecule has 0 spiro atoms. The van der Waals surface area contributed by atoms with Gasteiger partial charge in [0.25, 0.3) is 5.56 Å². The topological polar surface area (TPSA) is 78.0 Å². The molecule has 1 amide bonds. The summed E-state index contributed by atoms with van der Waals surface area (Å²) in [5, 5.41) is 0.380. The lowest BCUT2D eigenvalue weighted by atomic mass is 10.2. The molecule has 2 aromatic carbocycles. The number of thioether (sulfide) groups is 1. The number of carbonyl (C=O) groups excluding carboxylic acids is 1. The number of amides is 1. The molecule has 0 saturated heterocycles. The highest BCUT2D eigenvalue weighted by Gasteiger charge is 2.13. The molecule has 25 heavy (non-hydrogen) atoms. The van der Waals surface area contributed by atoms with Gasteiger partial charge in [0.05, 0.1) is 16.7 Å². The van der Waals surface area contributed by atoms with E-state index in [1.807, 2.05) is 0 Å². The predicted molar refractivity (Wildman–Crippen MR) is 91.1 cm³/mol. The molecule has 0 fully saturated rings. The number of fused-ring (bicyclic) bond motifs is 1. The van der Waals surface area contributed by atoms with Crippen molar-refractivity contribution >= 4 is 28.6 Å². The highest BCUT2D eigenvalue weighted by Crippen LogP contribution is 2.24. The lowest BCUT2D eigenvalue weighted by Gasteiger charge is -2.12. The van der Waals surface area contributed by atoms with Crippen LogP contribution >= 0.6 is 11.8 Å². The Morgan fingerprint density at radius 1 is 1.16 bits per heavy atom. The van der Waals surface area contributed by atoms with Crippen molar-refractivity contribution in [3.8, 4) is 0 Å². The van der Waals surface area contributed by atoms with E-state index in [4.69, 9.17) is 5.73 Å². The highest BCUT2D eigenvalue weighted by atomic mass is 32.2. The number of primary amides is 1. The normalized spacial score (nSPS) is 11.0. The maximum absolute atomic E-state index is 13.3. The number of halogens is 2. The standard InChI is InChI=1S/C17H13F2N3O2S/c18-12-6-5-10(7-13(12)19)25-9-16-21-14-4-2-1-3-11(14)17(24)22(16)8-15(20)23/h1-7H,8-9H2,(H2,20,23). The van der Waals surface area contributed by atoms with Crippen LogP contribution in [0.15, 0.2) is 52.2 Å². The first-order valence-corrected chi connectivity index (χ1v) is 8.29. The van der Waals surface area contributed by atoms with Gasteiger partial charge in [-0.3, -0.25) is 14.2 Å². The quantitative estimate of drug-likeness (QED) is 0.708. The Morgan fingerprint density at radius 3 is 2.64 bits per heavy atom. The number of benzene rings is 2. The van der Waals surface area contributed by atoms with Gasteiger partial charge in [-0.05, 0) is 30.3 Å². The summed E-state index contributed by atoms with van der Waals surface area (Å²) < 4.78 is 27.5. The van der Waals surface area contributed by atoms with Crippen molar-refractivity contribution in [1.82, 2.24) is 9.55 Å². The first-order chi connectivity index (χ1) is 12.0. The molecule has 0 aliphatic rings. The molecule has 0 atom stereocenters. The second-order valence-electron chi connectivity index (χ2n) is 5.27. The van der Waals surface area contributed by atoms with Gasteiger partial charge < -0.3 is 5.73 Å². The zero-order valence-electron chi connectivity index (χ0n) is 12.9. The Morgan fingerprint density at radius 2 is 1.92 bits per heavy atom. The SMILES string of the molecule is NC(=O)Cn1c(CSc2ccc(F)c(F)c2)nc2ccccc2c1=O. The summed E-state index contributed by atoms with van der Waals surface area (Å²) in [6.07, 6.45) is 0. The summed E-state index contributed by atoms with van der Waals surface area (Å²) in [5.41, 5.74) is 5.35. The molecule has 1 heterocycles. The molecule has 0 bridgehead atoms. The molecule has 0 aliphatic carbocycles. The van der Waals surface area contributed by atoms with Crippen LogP contribution in [-0.2, 0) is 17.1 Å². The van der Waals surface area contributed by atoms with Gasteiger partial charge in [-0.25, -0.2) is 13.8 Å². The Balaban J connectivity index is 1.99. The molecule has 2 N–H and O–H groups in total. The smallest absolute Gasteiger partial charge is 0.261 e. The van der Waals surface area contributed by atoms with Gasteiger partial charge in [-0.2, -0.15) is 0 Å². The average molecular weight is 361 g/mol. The Hall–Kier alpha value is -2.74. The fourth-order valence-corrected chi connectivity index (χ4v) is 3.22. The minimum atomic E-state index is -0.953. The zero-order valence-corrected chi connectivity index (χ0v) is 13.7. The summed E-state index contributed by atoms with van der Waals surface area (Å²) in [4.78, 5) is 28.8. The van der Waals surface area contributed by atoms with Crippen LogP contribution in [0.1, 0.15) is 5.82 Å². The van der Waals surface area contributed by atoms with Gasteiger partial charge in [0.2, 0.25) is 5.91 Å². The van der Waals surface area contributed by atoms with Crippen molar-refractivity contribution in [3.05, 3.63) is 70.3 Å². The third-order valence-electron chi connectivity index (χ3n) is 3.51. The Labute approximate surface area is 145 Å². The van der Waals surface area contributed by atoms with E-state index in [0.717, 1.165) is 12.1 Å². The maximum atomic E-state index is 13.3. The fourth-order valence-electron chi connectivity index (χ4n) is 2.36. The number of carbonyl (C=O) groups is 1. The van der Waals surface area contributed by atoms with E-state index >= 15 is 0 Å². The van der Waals surface area contributed by atoms with Crippen molar-refractivity contribution in [2.45, 2.75) is 17.2 Å². The van der Waals surface area contributed by atoms with E-state index in [9.17, 15) is 18.4 Å². The lowest BCUT2D eigenvalue weighted by Crippen LogP contribution is -2.31. The number of para-hydroxylation sites is 1. The Bertz CT molecular complexity index is 1020. The summed E-state index contributed by atoms with van der Waals surface area (Å²) in [6, 6.07) is 10.3. The number of aromatic nitrogens is 2. The summed E-state index contributed by atoms with van der Waals surface area (Å²) in [7, 11) is 0. The summed E-state index contributed by atoms with van der Waals surface area (Å²) >= 11 is 1.17. The summed E-state index contributed by atoms with van der Waals surface area (Å²) in [6.45, 7) is -0.301. The molecule has 5 nitrogen and oxygen atoms in total. The van der Waals surface area contributed by atoms with Crippen LogP contribution in [-0.4, -0.2) is 15.5 Å². The van der Waals surface area contributed by atoms with E-state index in [0.29, 0.717) is 21.6 Å². The van der Waals surface area contributed by atoms with Crippen LogP contribution in [0.25, 0.3) is 10.9 Å². The first-order valence-electron chi connectivity index (χ1n) is 7.30. The van der Waals surface area contributed by atoms with Crippen LogP contribution in [0, 0.1) is 11.6 Å². The van der Waals surface area contributed by atoms with Crippen molar-refractivity contribution < 1.29 is 13.6 Å². The molecular weight excluding hydrogens is 348 g/mol. The number of nitrogens with zero attached hydrogens (tertiary/aromatic N) is 2. The van der Waals surface area contributed by atoms with Gasteiger partial charge in [0.1, 0.15) is 12.4 Å². The third-order valence-corrected chi connectivity index (χ3v) is 4.50. The number of hydrogen-bond donors (Lipinski definition) is 1. The van der Waals surface area contributed by atoms with E-state index < -0.39 is 17.5 Å². The van der Waals surface area contributed by atoms with Crippen LogP contribution in [0.4, 0.5) is 8.78 Å². The van der Waals surface area contributed by atoms with E-state index in [2.05, 4.69) is 4.98 Å². The summed E-state index contributed by atoms with van der Waals surface area (Å²) in [5.74, 6) is -2.03. The Kier molecular flexibility index (Phi) is 4.80. The molecule has 0 radical (unpaired) electrons. The second kappa shape index (κ2) is 7.02. The van der Waals surface area contributed by atoms with Crippen LogP contribution in [0.5, 0.6) is 0 Å². The zero-order chi connectivity index (χ0) is 18.0. The second-order valence-corrected chi connectivity index (χ2v) is 6.32. The number of rotatable bonds is 5. The monoisotopic (exact) mass is 361 g/mol. The molecular formula is C17H13F2N3O2S. The van der Waals surface area contributed by atoms with Gasteiger partial charge in [-0.15, -0.1) is 11.8 Å². The van der Waals surface area contributed by atoms with Gasteiger partial charge in [0, 0.05) is 4.90 Å². The molecule has 3 aromatic rings. The predicted octanol–water partition coefficient (Wildman–Crippen LogP) is 2.45. The molecule has 8 heteroatoms. The minimum Gasteiger partial charge on any atom is -0.368 e. The molecule has 3 rings (SSSR count). The molecule has 0 unspecified atom stereocenters. The first kappa shape index (κ1) is 17.1. The number of hydrogen-bond acceptors (Lipinski definition) is 4. The van der Waals surface area contributed by atoms with Crippen molar-refractivity contribution in [2.75, 3.05) is 0 Å². The molecule has 0 saturated carbocycles.